The van der Waals surface area contributed by atoms with Crippen LogP contribution in [-0.2, 0) is 16.4 Å². The van der Waals surface area contributed by atoms with E-state index in [2.05, 4.69) is 4.72 Å². The lowest BCUT2D eigenvalue weighted by Crippen LogP contribution is -2.13. The van der Waals surface area contributed by atoms with Crippen molar-refractivity contribution >= 4 is 15.7 Å². The third-order valence-electron chi connectivity index (χ3n) is 2.76. The number of anilines is 1. The predicted octanol–water partition coefficient (Wildman–Crippen LogP) is 2.13. The van der Waals surface area contributed by atoms with Crippen LogP contribution >= 0.6 is 0 Å². The summed E-state index contributed by atoms with van der Waals surface area (Å²) >= 11 is 0. The molecule has 0 bridgehead atoms. The molecule has 0 fully saturated rings. The molecule has 0 aromatic heterocycles. The SMILES string of the molecule is NCCc1ccc(S(=O)(=O)Nc2ccc(F)cc2)cc1. The molecule has 0 aliphatic carbocycles. The van der Waals surface area contributed by atoms with Gasteiger partial charge < -0.3 is 5.73 Å². The fourth-order valence-electron chi connectivity index (χ4n) is 1.73. The molecule has 0 unspecified atom stereocenters. The second-order valence-electron chi connectivity index (χ2n) is 4.30. The van der Waals surface area contributed by atoms with Crippen molar-refractivity contribution in [1.29, 1.82) is 0 Å². The van der Waals surface area contributed by atoms with Gasteiger partial charge in [0.15, 0.2) is 0 Å². The summed E-state index contributed by atoms with van der Waals surface area (Å²) < 4.78 is 39.4. The highest BCUT2D eigenvalue weighted by atomic mass is 32.2. The first-order chi connectivity index (χ1) is 9.51. The van der Waals surface area contributed by atoms with Crippen LogP contribution in [0, 0.1) is 5.82 Å². The van der Waals surface area contributed by atoms with Crippen LogP contribution in [0.5, 0.6) is 0 Å². The molecule has 0 radical (unpaired) electrons. The molecule has 0 aliphatic rings. The summed E-state index contributed by atoms with van der Waals surface area (Å²) in [5, 5.41) is 0. The van der Waals surface area contributed by atoms with Gasteiger partial charge >= 0.3 is 0 Å². The molecule has 0 saturated carbocycles. The first kappa shape index (κ1) is 14.5. The summed E-state index contributed by atoms with van der Waals surface area (Å²) in [6.45, 7) is 0.514. The molecule has 106 valence electrons. The Kier molecular flexibility index (Phi) is 4.36. The topological polar surface area (TPSA) is 72.2 Å². The third kappa shape index (κ3) is 3.55. The maximum atomic E-state index is 12.8. The Morgan fingerprint density at radius 3 is 2.15 bits per heavy atom. The zero-order valence-corrected chi connectivity index (χ0v) is 11.5. The highest BCUT2D eigenvalue weighted by Crippen LogP contribution is 2.17. The third-order valence-corrected chi connectivity index (χ3v) is 4.16. The van der Waals surface area contributed by atoms with Crippen molar-refractivity contribution in [2.24, 2.45) is 5.73 Å². The van der Waals surface area contributed by atoms with Crippen molar-refractivity contribution < 1.29 is 12.8 Å². The van der Waals surface area contributed by atoms with Gasteiger partial charge in [-0.1, -0.05) is 12.1 Å². The van der Waals surface area contributed by atoms with Crippen molar-refractivity contribution in [3.8, 4) is 0 Å². The highest BCUT2D eigenvalue weighted by molar-refractivity contribution is 7.92. The van der Waals surface area contributed by atoms with Crippen molar-refractivity contribution in [3.05, 3.63) is 59.9 Å². The Balaban J connectivity index is 2.19. The molecule has 4 nitrogen and oxygen atoms in total. The largest absolute Gasteiger partial charge is 0.330 e. The molecule has 0 heterocycles. The van der Waals surface area contributed by atoms with Gasteiger partial charge in [0.05, 0.1) is 4.90 Å². The van der Waals surface area contributed by atoms with Crippen molar-refractivity contribution in [1.82, 2.24) is 0 Å². The van der Waals surface area contributed by atoms with Crippen LogP contribution in [0.4, 0.5) is 10.1 Å². The van der Waals surface area contributed by atoms with Crippen LogP contribution in [-0.4, -0.2) is 15.0 Å². The van der Waals surface area contributed by atoms with E-state index in [1.165, 1.54) is 36.4 Å². The fourth-order valence-corrected chi connectivity index (χ4v) is 2.79. The molecule has 0 atom stereocenters. The van der Waals surface area contributed by atoms with E-state index in [0.717, 1.165) is 5.56 Å². The van der Waals surface area contributed by atoms with Crippen LogP contribution in [0.3, 0.4) is 0 Å². The maximum absolute atomic E-state index is 12.8. The average Bonchev–Trinajstić information content (AvgIpc) is 2.42. The van der Waals surface area contributed by atoms with Crippen LogP contribution in [0.15, 0.2) is 53.4 Å². The first-order valence-electron chi connectivity index (χ1n) is 6.09. The Labute approximate surface area is 117 Å². The summed E-state index contributed by atoms with van der Waals surface area (Å²) in [6.07, 6.45) is 0.700. The molecule has 3 N–H and O–H groups in total. The van der Waals surface area contributed by atoms with Crippen LogP contribution < -0.4 is 10.5 Å². The minimum atomic E-state index is -3.66. The highest BCUT2D eigenvalue weighted by Gasteiger charge is 2.13. The molecule has 6 heteroatoms. The van der Waals surface area contributed by atoms with E-state index >= 15 is 0 Å². The summed E-state index contributed by atoms with van der Waals surface area (Å²) in [5.41, 5.74) is 6.73. The lowest BCUT2D eigenvalue weighted by molar-refractivity contribution is 0.601. The number of benzene rings is 2. The molecule has 2 aromatic carbocycles. The van der Waals surface area contributed by atoms with Gasteiger partial charge in [0.2, 0.25) is 0 Å². The van der Waals surface area contributed by atoms with Gasteiger partial charge in [0, 0.05) is 5.69 Å². The van der Waals surface area contributed by atoms with Crippen LogP contribution in [0.1, 0.15) is 5.56 Å². The first-order valence-corrected chi connectivity index (χ1v) is 7.57. The smallest absolute Gasteiger partial charge is 0.261 e. The minimum Gasteiger partial charge on any atom is -0.330 e. The lowest BCUT2D eigenvalue weighted by atomic mass is 10.2. The van der Waals surface area contributed by atoms with Crippen molar-refractivity contribution in [2.75, 3.05) is 11.3 Å². The molecule has 0 aliphatic heterocycles. The maximum Gasteiger partial charge on any atom is 0.261 e. The van der Waals surface area contributed by atoms with Gasteiger partial charge in [-0.25, -0.2) is 12.8 Å². The van der Waals surface area contributed by atoms with Gasteiger partial charge in [-0.05, 0) is 54.9 Å². The summed E-state index contributed by atoms with van der Waals surface area (Å²) in [6, 6.07) is 11.6. The summed E-state index contributed by atoms with van der Waals surface area (Å²) in [5.74, 6) is -0.418. The summed E-state index contributed by atoms with van der Waals surface area (Å²) in [4.78, 5) is 0.155. The number of nitrogens with two attached hydrogens (primary N) is 1. The van der Waals surface area contributed by atoms with E-state index in [-0.39, 0.29) is 4.90 Å². The van der Waals surface area contributed by atoms with E-state index in [1.807, 2.05) is 0 Å². The second kappa shape index (κ2) is 6.02. The Morgan fingerprint density at radius 2 is 1.60 bits per heavy atom. The van der Waals surface area contributed by atoms with Crippen LogP contribution in [0.25, 0.3) is 0 Å². The van der Waals surface area contributed by atoms with Crippen molar-refractivity contribution in [3.63, 3.8) is 0 Å². The second-order valence-corrected chi connectivity index (χ2v) is 5.98. The van der Waals surface area contributed by atoms with E-state index in [4.69, 9.17) is 5.73 Å². The molecule has 20 heavy (non-hydrogen) atoms. The average molecular weight is 294 g/mol. The van der Waals surface area contributed by atoms with Gasteiger partial charge in [-0.15, -0.1) is 0 Å². The summed E-state index contributed by atoms with van der Waals surface area (Å²) in [7, 11) is -3.66. The lowest BCUT2D eigenvalue weighted by Gasteiger charge is -2.08. The molecule has 0 spiro atoms. The standard InChI is InChI=1S/C14H15FN2O2S/c15-12-3-5-13(6-4-12)17-20(18,19)14-7-1-11(2-8-14)9-10-16/h1-8,17H,9-10,16H2. The Morgan fingerprint density at radius 1 is 1.00 bits per heavy atom. The molecule has 0 saturated heterocycles. The van der Waals surface area contributed by atoms with E-state index in [0.29, 0.717) is 18.7 Å². The monoisotopic (exact) mass is 294 g/mol. The molecule has 0 amide bonds. The Hall–Kier alpha value is -1.92. The number of hydrogen-bond donors (Lipinski definition) is 2. The van der Waals surface area contributed by atoms with Crippen molar-refractivity contribution in [2.45, 2.75) is 11.3 Å². The quantitative estimate of drug-likeness (QED) is 0.887. The number of rotatable bonds is 5. The number of sulfonamides is 1. The zero-order chi connectivity index (χ0) is 14.6. The Bertz CT molecular complexity index is 667. The van der Waals surface area contributed by atoms with Gasteiger partial charge in [-0.2, -0.15) is 0 Å². The molecular weight excluding hydrogens is 279 g/mol. The number of halogens is 1. The van der Waals surface area contributed by atoms with Gasteiger partial charge in [-0.3, -0.25) is 4.72 Å². The van der Waals surface area contributed by atoms with Gasteiger partial charge in [0.25, 0.3) is 10.0 Å². The predicted molar refractivity (Wildman–Crippen MR) is 76.4 cm³/mol. The normalized spacial score (nSPS) is 11.3. The number of hydrogen-bond acceptors (Lipinski definition) is 3. The minimum absolute atomic E-state index is 0.155. The van der Waals surface area contributed by atoms with E-state index in [9.17, 15) is 12.8 Å². The molecule has 2 aromatic rings. The molecule has 2 rings (SSSR count). The van der Waals surface area contributed by atoms with Crippen LogP contribution in [0.2, 0.25) is 0 Å². The molecular formula is C14H15FN2O2S. The fraction of sp³-hybridized carbons (Fsp3) is 0.143. The van der Waals surface area contributed by atoms with Gasteiger partial charge in [0.1, 0.15) is 5.82 Å². The van der Waals surface area contributed by atoms with E-state index in [1.54, 1.807) is 12.1 Å². The number of nitrogens with one attached hydrogen (secondary N) is 1. The zero-order valence-electron chi connectivity index (χ0n) is 10.7. The van der Waals surface area contributed by atoms with E-state index < -0.39 is 15.8 Å².